The fourth-order valence-corrected chi connectivity index (χ4v) is 0. The number of nitrogens with two attached hydrogens (primary N) is 1. The molecule has 5 N–H and O–H groups in total. The molecular weight excluding hydrogens is 121 g/mol. The van der Waals surface area contributed by atoms with Crippen LogP contribution in [0.2, 0.25) is 0 Å². The molecule has 0 aliphatic heterocycles. The van der Waals surface area contributed by atoms with Gasteiger partial charge in [-0.3, -0.25) is 0 Å². The number of aliphatic hydroxyl groups is 3. The predicted molar refractivity (Wildman–Crippen MR) is 25.7 cm³/mol. The number of hydrogen-bond donors (Lipinski definition) is 4. The number of hydrogen-bond acceptors (Lipinski definition) is 4. The molecular formula is C2H8ClNO3. The second kappa shape index (κ2) is 4.29. The molecule has 0 rings (SSSR count). The van der Waals surface area contributed by atoms with E-state index in [1.54, 1.807) is 0 Å². The molecule has 0 aromatic heterocycles. The summed E-state index contributed by atoms with van der Waals surface area (Å²) < 4.78 is 0. The van der Waals surface area contributed by atoms with E-state index in [-0.39, 0.29) is 12.4 Å². The average Bonchev–Trinajstić information content (AvgIpc) is 1.36. The van der Waals surface area contributed by atoms with Crippen LogP contribution in [0.5, 0.6) is 0 Å². The molecule has 0 amide bonds. The van der Waals surface area contributed by atoms with Crippen molar-refractivity contribution in [3.8, 4) is 0 Å². The zero-order valence-corrected chi connectivity index (χ0v) is 4.30. The van der Waals surface area contributed by atoms with Gasteiger partial charge in [-0.1, -0.05) is 0 Å². The maximum absolute atomic E-state index is 7.91. The summed E-state index contributed by atoms with van der Waals surface area (Å²) in [4.78, 5) is 0. The van der Waals surface area contributed by atoms with Crippen molar-refractivity contribution in [2.24, 2.45) is 5.73 Å². The van der Waals surface area contributed by atoms with Gasteiger partial charge in [0.15, 0.2) is 12.5 Å². The third-order valence-electron chi connectivity index (χ3n) is 0.305. The second-order valence-electron chi connectivity index (χ2n) is 0.904. The molecule has 0 radical (unpaired) electrons. The number of aliphatic hydroxyl groups excluding tert-OH is 2. The molecule has 46 valence electrons. The molecule has 0 spiro atoms. The molecule has 0 saturated heterocycles. The van der Waals surface area contributed by atoms with E-state index < -0.39 is 12.5 Å². The number of rotatable bonds is 1. The molecule has 5 heteroatoms. The van der Waals surface area contributed by atoms with Crippen LogP contribution in [0.3, 0.4) is 0 Å². The summed E-state index contributed by atoms with van der Waals surface area (Å²) in [6, 6.07) is 0. The Morgan fingerprint density at radius 2 is 1.29 bits per heavy atom. The maximum Gasteiger partial charge on any atom is 0.191 e. The monoisotopic (exact) mass is 129 g/mol. The first kappa shape index (κ1) is 10.2. The van der Waals surface area contributed by atoms with Gasteiger partial charge in [-0.2, -0.15) is 0 Å². The fourth-order valence-electron chi connectivity index (χ4n) is 0. The van der Waals surface area contributed by atoms with Crippen LogP contribution in [-0.4, -0.2) is 27.8 Å². The quantitative estimate of drug-likeness (QED) is 0.309. The molecule has 0 saturated carbocycles. The van der Waals surface area contributed by atoms with Gasteiger partial charge >= 0.3 is 0 Å². The van der Waals surface area contributed by atoms with Crippen LogP contribution in [0.25, 0.3) is 0 Å². The Morgan fingerprint density at radius 1 is 1.14 bits per heavy atom. The van der Waals surface area contributed by atoms with Crippen molar-refractivity contribution < 1.29 is 15.3 Å². The van der Waals surface area contributed by atoms with Crippen molar-refractivity contribution in [2.45, 2.75) is 12.5 Å². The highest BCUT2D eigenvalue weighted by Gasteiger charge is 2.02. The summed E-state index contributed by atoms with van der Waals surface area (Å²) in [5.74, 6) is 0. The lowest BCUT2D eigenvalue weighted by atomic mass is 10.6. The minimum absolute atomic E-state index is 0. The van der Waals surface area contributed by atoms with Gasteiger partial charge in [-0.15, -0.1) is 12.4 Å². The van der Waals surface area contributed by atoms with Crippen molar-refractivity contribution in [1.82, 2.24) is 0 Å². The molecule has 0 aromatic rings. The maximum atomic E-state index is 7.91. The molecule has 4 nitrogen and oxygen atoms in total. The molecule has 0 aliphatic rings. The van der Waals surface area contributed by atoms with E-state index in [2.05, 4.69) is 5.73 Å². The first-order chi connectivity index (χ1) is 2.64. The summed E-state index contributed by atoms with van der Waals surface area (Å²) in [5, 5.41) is 23.5. The zero-order chi connectivity index (χ0) is 5.15. The SMILES string of the molecule is Cl.NC(O)C(O)O. The van der Waals surface area contributed by atoms with Gasteiger partial charge in [-0.25, -0.2) is 0 Å². The predicted octanol–water partition coefficient (Wildman–Crippen LogP) is -2.00. The summed E-state index contributed by atoms with van der Waals surface area (Å²) in [5.41, 5.74) is 4.49. The van der Waals surface area contributed by atoms with E-state index in [4.69, 9.17) is 15.3 Å². The minimum Gasteiger partial charge on any atom is -0.373 e. The smallest absolute Gasteiger partial charge is 0.191 e. The highest BCUT2D eigenvalue weighted by atomic mass is 35.5. The lowest BCUT2D eigenvalue weighted by Crippen LogP contribution is -2.33. The lowest BCUT2D eigenvalue weighted by molar-refractivity contribution is -0.119. The van der Waals surface area contributed by atoms with Crippen LogP contribution in [0.4, 0.5) is 0 Å². The van der Waals surface area contributed by atoms with E-state index in [9.17, 15) is 0 Å². The van der Waals surface area contributed by atoms with Gasteiger partial charge in [-0.05, 0) is 0 Å². The first-order valence-corrected chi connectivity index (χ1v) is 1.44. The zero-order valence-electron chi connectivity index (χ0n) is 3.48. The van der Waals surface area contributed by atoms with Gasteiger partial charge in [0, 0.05) is 0 Å². The van der Waals surface area contributed by atoms with Crippen molar-refractivity contribution >= 4 is 12.4 Å². The molecule has 1 unspecified atom stereocenters. The lowest BCUT2D eigenvalue weighted by Gasteiger charge is -2.02. The highest BCUT2D eigenvalue weighted by Crippen LogP contribution is 1.73. The Morgan fingerprint density at radius 3 is 1.29 bits per heavy atom. The molecule has 0 aromatic carbocycles. The molecule has 7 heavy (non-hydrogen) atoms. The van der Waals surface area contributed by atoms with E-state index in [1.807, 2.05) is 0 Å². The van der Waals surface area contributed by atoms with Crippen LogP contribution < -0.4 is 5.73 Å². The Bertz CT molecular complexity index is 33.9. The fraction of sp³-hybridized carbons (Fsp3) is 1.00. The van der Waals surface area contributed by atoms with E-state index in [1.165, 1.54) is 0 Å². The molecule has 1 atom stereocenters. The average molecular weight is 130 g/mol. The van der Waals surface area contributed by atoms with Crippen molar-refractivity contribution in [1.29, 1.82) is 0 Å². The highest BCUT2D eigenvalue weighted by molar-refractivity contribution is 5.85. The normalized spacial score (nSPS) is 13.3. The van der Waals surface area contributed by atoms with Gasteiger partial charge in [0.2, 0.25) is 0 Å². The van der Waals surface area contributed by atoms with Crippen LogP contribution in [-0.2, 0) is 0 Å². The molecule has 0 aliphatic carbocycles. The Hall–Kier alpha value is 0.130. The van der Waals surface area contributed by atoms with Crippen LogP contribution in [0.15, 0.2) is 0 Å². The third-order valence-corrected chi connectivity index (χ3v) is 0.305. The summed E-state index contributed by atoms with van der Waals surface area (Å²) >= 11 is 0. The molecule has 0 fully saturated rings. The number of halogens is 1. The van der Waals surface area contributed by atoms with Gasteiger partial charge in [0.25, 0.3) is 0 Å². The first-order valence-electron chi connectivity index (χ1n) is 1.44. The molecule has 0 heterocycles. The largest absolute Gasteiger partial charge is 0.373 e. The van der Waals surface area contributed by atoms with Gasteiger partial charge < -0.3 is 21.1 Å². The summed E-state index contributed by atoms with van der Waals surface area (Å²) in [6.45, 7) is 0. The Kier molecular flexibility index (Phi) is 6.24. The molecule has 0 bridgehead atoms. The Balaban J connectivity index is 0. The van der Waals surface area contributed by atoms with E-state index in [0.29, 0.717) is 0 Å². The van der Waals surface area contributed by atoms with Crippen molar-refractivity contribution in [3.63, 3.8) is 0 Å². The second-order valence-corrected chi connectivity index (χ2v) is 0.904. The standard InChI is InChI=1S/C2H7NO3.ClH/c3-1(4)2(5)6;/h1-2,4-6H,3H2;1H. The summed E-state index contributed by atoms with van der Waals surface area (Å²) in [6.07, 6.45) is -3.35. The van der Waals surface area contributed by atoms with Crippen LogP contribution in [0.1, 0.15) is 0 Å². The summed E-state index contributed by atoms with van der Waals surface area (Å²) in [7, 11) is 0. The van der Waals surface area contributed by atoms with Crippen molar-refractivity contribution in [3.05, 3.63) is 0 Å². The van der Waals surface area contributed by atoms with Gasteiger partial charge in [0.05, 0.1) is 0 Å². The topological polar surface area (TPSA) is 86.7 Å². The van der Waals surface area contributed by atoms with Crippen molar-refractivity contribution in [2.75, 3.05) is 0 Å². The Labute approximate surface area is 47.0 Å². The van der Waals surface area contributed by atoms with E-state index >= 15 is 0 Å². The minimum atomic E-state index is -1.81. The van der Waals surface area contributed by atoms with E-state index in [0.717, 1.165) is 0 Å². The van der Waals surface area contributed by atoms with Crippen LogP contribution >= 0.6 is 12.4 Å². The van der Waals surface area contributed by atoms with Crippen LogP contribution in [0, 0.1) is 0 Å². The van der Waals surface area contributed by atoms with Gasteiger partial charge in [0.1, 0.15) is 0 Å². The third kappa shape index (κ3) is 6.13.